The van der Waals surface area contributed by atoms with Gasteiger partial charge >= 0.3 is 6.18 Å². The van der Waals surface area contributed by atoms with Gasteiger partial charge in [0.25, 0.3) is 5.91 Å². The summed E-state index contributed by atoms with van der Waals surface area (Å²) in [5.74, 6) is -6.27. The highest BCUT2D eigenvalue weighted by Gasteiger charge is 2.65. The minimum Gasteiger partial charge on any atom is -0.493 e. The Labute approximate surface area is 220 Å². The van der Waals surface area contributed by atoms with E-state index in [0.29, 0.717) is 0 Å². The number of hydrogen-bond donors (Lipinski definition) is 2. The third kappa shape index (κ3) is 4.86. The van der Waals surface area contributed by atoms with E-state index in [9.17, 15) is 31.5 Å². The van der Waals surface area contributed by atoms with Crippen LogP contribution in [0.1, 0.15) is 68.4 Å². The van der Waals surface area contributed by atoms with E-state index in [1.165, 1.54) is 19.2 Å². The van der Waals surface area contributed by atoms with Gasteiger partial charge in [0.1, 0.15) is 11.8 Å². The fourth-order valence-corrected chi connectivity index (χ4v) is 5.03. The number of halogens is 5. The first-order valence-corrected chi connectivity index (χ1v) is 12.1. The molecule has 0 unspecified atom stereocenters. The number of fused-ring (bicyclic) bond motifs is 1. The van der Waals surface area contributed by atoms with Crippen LogP contribution in [0.3, 0.4) is 0 Å². The van der Waals surface area contributed by atoms with Crippen LogP contribution in [0.15, 0.2) is 35.3 Å². The number of H-pyrrole nitrogens is 1. The van der Waals surface area contributed by atoms with Crippen LogP contribution in [0.4, 0.5) is 22.0 Å². The van der Waals surface area contributed by atoms with E-state index in [1.807, 2.05) is 0 Å². The standard InChI is InChI=1S/C27H28F5N3O4/c1-12-18(13-7-8-14(28)20(29)22(13)38-6)23(39-26(12,5)27(30,31)32)16-11-17(36)19-15(34-16)9-10-33-21(19)24(37)35-25(2,3)4/h7-12,18,23H,1-6H3,(H,34,36)(H,35,37)/t12-,18-,23-,26+/m0/s1. The number of benzene rings is 1. The van der Waals surface area contributed by atoms with Crippen molar-refractivity contribution in [1.82, 2.24) is 15.3 Å². The van der Waals surface area contributed by atoms with E-state index in [2.05, 4.69) is 15.3 Å². The van der Waals surface area contributed by atoms with Crippen LogP contribution in [0.25, 0.3) is 10.9 Å². The molecular formula is C27H28F5N3O4. The van der Waals surface area contributed by atoms with Gasteiger partial charge in [0, 0.05) is 40.9 Å². The van der Waals surface area contributed by atoms with Gasteiger partial charge in [0.2, 0.25) is 5.82 Å². The van der Waals surface area contributed by atoms with E-state index in [4.69, 9.17) is 9.47 Å². The Hall–Kier alpha value is -3.54. The van der Waals surface area contributed by atoms with Crippen molar-refractivity contribution >= 4 is 16.8 Å². The third-order valence-electron chi connectivity index (χ3n) is 7.09. The van der Waals surface area contributed by atoms with Crippen molar-refractivity contribution in [2.45, 2.75) is 64.0 Å². The second-order valence-electron chi connectivity index (χ2n) is 10.8. The Morgan fingerprint density at radius 1 is 1.18 bits per heavy atom. The molecule has 0 radical (unpaired) electrons. The van der Waals surface area contributed by atoms with Gasteiger partial charge in [-0.15, -0.1) is 0 Å². The highest BCUT2D eigenvalue weighted by Crippen LogP contribution is 2.59. The van der Waals surface area contributed by atoms with Gasteiger partial charge in [0.15, 0.2) is 22.6 Å². The molecule has 1 fully saturated rings. The monoisotopic (exact) mass is 553 g/mol. The Kier molecular flexibility index (Phi) is 6.99. The number of carbonyl (C=O) groups excluding carboxylic acids is 1. The highest BCUT2D eigenvalue weighted by molar-refractivity contribution is 6.04. The number of amides is 1. The van der Waals surface area contributed by atoms with Crippen LogP contribution in [-0.2, 0) is 4.74 Å². The van der Waals surface area contributed by atoms with Crippen LogP contribution < -0.4 is 15.5 Å². The van der Waals surface area contributed by atoms with Gasteiger partial charge in [-0.1, -0.05) is 13.0 Å². The maximum Gasteiger partial charge on any atom is 0.417 e. The lowest BCUT2D eigenvalue weighted by Crippen LogP contribution is -2.46. The summed E-state index contributed by atoms with van der Waals surface area (Å²) in [6.45, 7) is 7.41. The summed E-state index contributed by atoms with van der Waals surface area (Å²) in [6.07, 6.45) is -5.00. The van der Waals surface area contributed by atoms with Gasteiger partial charge < -0.3 is 19.8 Å². The number of rotatable bonds is 4. The minimum absolute atomic E-state index is 0.0440. The molecule has 0 spiro atoms. The number of hydrogen-bond acceptors (Lipinski definition) is 5. The number of aromatic amines is 1. The zero-order chi connectivity index (χ0) is 29.1. The third-order valence-corrected chi connectivity index (χ3v) is 7.09. The molecule has 1 amide bonds. The molecule has 2 aromatic heterocycles. The van der Waals surface area contributed by atoms with E-state index in [-0.39, 0.29) is 27.9 Å². The summed E-state index contributed by atoms with van der Waals surface area (Å²) in [5, 5.41) is 2.66. The normalized spacial score (nSPS) is 23.7. The molecule has 1 aliphatic rings. The molecule has 4 rings (SSSR count). The van der Waals surface area contributed by atoms with Crippen LogP contribution in [0.2, 0.25) is 0 Å². The Balaban J connectivity index is 1.92. The first-order chi connectivity index (χ1) is 18.0. The van der Waals surface area contributed by atoms with Crippen molar-refractivity contribution in [3.8, 4) is 5.75 Å². The number of carbonyl (C=O) groups is 1. The van der Waals surface area contributed by atoms with Crippen molar-refractivity contribution < 1.29 is 36.2 Å². The minimum atomic E-state index is -4.84. The molecule has 2 N–H and O–H groups in total. The number of alkyl halides is 3. The second kappa shape index (κ2) is 9.58. The van der Waals surface area contributed by atoms with Crippen molar-refractivity contribution in [1.29, 1.82) is 0 Å². The summed E-state index contributed by atoms with van der Waals surface area (Å²) >= 11 is 0. The number of aromatic nitrogens is 2. The van der Waals surface area contributed by atoms with Crippen LogP contribution >= 0.6 is 0 Å². The SMILES string of the molecule is COc1c([C@H]2[C@H](c3cc(=O)c4c(C(=O)NC(C)(C)C)nccc4[nH]3)O[C@@](C)(C(F)(F)F)[C@H]2C)ccc(F)c1F. The highest BCUT2D eigenvalue weighted by atomic mass is 19.4. The fraction of sp³-hybridized carbons (Fsp3) is 0.444. The number of nitrogens with zero attached hydrogens (tertiary/aromatic N) is 1. The fourth-order valence-electron chi connectivity index (χ4n) is 5.03. The van der Waals surface area contributed by atoms with Crippen LogP contribution in [0.5, 0.6) is 5.75 Å². The molecule has 210 valence electrons. The van der Waals surface area contributed by atoms with Gasteiger partial charge in [-0.25, -0.2) is 4.39 Å². The maximum atomic E-state index is 14.6. The van der Waals surface area contributed by atoms with Gasteiger partial charge in [0.05, 0.1) is 18.0 Å². The molecule has 0 aliphatic carbocycles. The first-order valence-electron chi connectivity index (χ1n) is 12.1. The number of ether oxygens (including phenoxy) is 2. The lowest BCUT2D eigenvalue weighted by Gasteiger charge is -2.32. The smallest absolute Gasteiger partial charge is 0.417 e. The maximum absolute atomic E-state index is 14.6. The number of methoxy groups -OCH3 is 1. The molecule has 0 saturated carbocycles. The zero-order valence-corrected chi connectivity index (χ0v) is 22.1. The molecule has 3 aromatic rings. The first kappa shape index (κ1) is 28.5. The van der Waals surface area contributed by atoms with E-state index in [0.717, 1.165) is 32.2 Å². The van der Waals surface area contributed by atoms with Crippen molar-refractivity contribution in [3.63, 3.8) is 0 Å². The summed E-state index contributed by atoms with van der Waals surface area (Å²) in [5.41, 5.74) is -4.13. The average Bonchev–Trinajstić information content (AvgIpc) is 3.11. The summed E-state index contributed by atoms with van der Waals surface area (Å²) in [4.78, 5) is 33.1. The van der Waals surface area contributed by atoms with E-state index in [1.54, 1.807) is 20.8 Å². The topological polar surface area (TPSA) is 93.3 Å². The number of pyridine rings is 2. The molecule has 4 atom stereocenters. The Morgan fingerprint density at radius 2 is 1.85 bits per heavy atom. The molecule has 3 heterocycles. The Morgan fingerprint density at radius 3 is 2.44 bits per heavy atom. The van der Waals surface area contributed by atoms with Crippen molar-refractivity contribution in [2.24, 2.45) is 5.92 Å². The predicted octanol–water partition coefficient (Wildman–Crippen LogP) is 5.55. The zero-order valence-electron chi connectivity index (χ0n) is 22.1. The average molecular weight is 554 g/mol. The lowest BCUT2D eigenvalue weighted by molar-refractivity contribution is -0.275. The largest absolute Gasteiger partial charge is 0.493 e. The molecule has 1 aliphatic heterocycles. The summed E-state index contributed by atoms with van der Waals surface area (Å²) < 4.78 is 82.2. The predicted molar refractivity (Wildman–Crippen MR) is 133 cm³/mol. The Bertz CT molecular complexity index is 1500. The van der Waals surface area contributed by atoms with Crippen LogP contribution in [0, 0.1) is 17.6 Å². The summed E-state index contributed by atoms with van der Waals surface area (Å²) in [7, 11) is 1.08. The molecule has 12 heteroatoms. The number of nitrogens with one attached hydrogen (secondary N) is 2. The van der Waals surface area contributed by atoms with E-state index >= 15 is 0 Å². The second-order valence-corrected chi connectivity index (χ2v) is 10.8. The van der Waals surface area contributed by atoms with Crippen molar-refractivity contribution in [3.05, 3.63) is 69.3 Å². The lowest BCUT2D eigenvalue weighted by atomic mass is 9.76. The molecule has 1 aromatic carbocycles. The van der Waals surface area contributed by atoms with Gasteiger partial charge in [-0.2, -0.15) is 17.6 Å². The summed E-state index contributed by atoms with van der Waals surface area (Å²) in [6, 6.07) is 4.39. The van der Waals surface area contributed by atoms with Crippen molar-refractivity contribution in [2.75, 3.05) is 7.11 Å². The van der Waals surface area contributed by atoms with Gasteiger partial charge in [-0.3, -0.25) is 14.6 Å². The molecule has 0 bridgehead atoms. The quantitative estimate of drug-likeness (QED) is 0.414. The van der Waals surface area contributed by atoms with Crippen LogP contribution in [-0.4, -0.2) is 40.3 Å². The molecular weight excluding hydrogens is 525 g/mol. The van der Waals surface area contributed by atoms with Gasteiger partial charge in [-0.05, 0) is 39.8 Å². The molecule has 7 nitrogen and oxygen atoms in total. The van der Waals surface area contributed by atoms with E-state index < -0.39 is 64.0 Å². The molecule has 1 saturated heterocycles. The molecule has 39 heavy (non-hydrogen) atoms.